The molecule has 0 fully saturated rings. The van der Waals surface area contributed by atoms with Crippen LogP contribution in [0.25, 0.3) is 0 Å². The molecule has 2 unspecified atom stereocenters. The zero-order chi connectivity index (χ0) is 15.8. The molecule has 120 valence electrons. The van der Waals surface area contributed by atoms with E-state index in [4.69, 9.17) is 9.47 Å². The number of methoxy groups -OCH3 is 2. The lowest BCUT2D eigenvalue weighted by Crippen LogP contribution is -2.41. The molecule has 1 N–H and O–H groups in total. The highest BCUT2D eigenvalue weighted by molar-refractivity contribution is 5.30. The largest absolute Gasteiger partial charge is 0.387 e. The normalized spacial score (nSPS) is 14.4. The van der Waals surface area contributed by atoms with Gasteiger partial charge in [-0.2, -0.15) is 0 Å². The van der Waals surface area contributed by atoms with Crippen LogP contribution in [0.5, 0.6) is 0 Å². The van der Waals surface area contributed by atoms with Gasteiger partial charge in [0.05, 0.1) is 19.3 Å². The topological polar surface area (TPSA) is 41.9 Å². The van der Waals surface area contributed by atoms with Gasteiger partial charge in [0, 0.05) is 33.4 Å². The quantitative estimate of drug-likeness (QED) is 0.759. The Bertz CT molecular complexity index is 402. The van der Waals surface area contributed by atoms with Crippen LogP contribution in [0, 0.1) is 13.8 Å². The van der Waals surface area contributed by atoms with Gasteiger partial charge in [0.15, 0.2) is 0 Å². The van der Waals surface area contributed by atoms with Crippen molar-refractivity contribution >= 4 is 0 Å². The highest BCUT2D eigenvalue weighted by atomic mass is 16.5. The smallest absolute Gasteiger partial charge is 0.0917 e. The van der Waals surface area contributed by atoms with Crippen LogP contribution in [0.15, 0.2) is 18.2 Å². The van der Waals surface area contributed by atoms with Crippen LogP contribution in [0.2, 0.25) is 0 Å². The van der Waals surface area contributed by atoms with Crippen molar-refractivity contribution in [2.75, 3.05) is 40.5 Å². The number of benzene rings is 1. The average Bonchev–Trinajstić information content (AvgIpc) is 2.42. The molecule has 0 aliphatic carbocycles. The van der Waals surface area contributed by atoms with Crippen LogP contribution in [-0.2, 0) is 9.47 Å². The lowest BCUT2D eigenvalue weighted by Gasteiger charge is -2.30. The fourth-order valence-electron chi connectivity index (χ4n) is 2.58. The number of aliphatic hydroxyl groups is 1. The number of hydrogen-bond donors (Lipinski definition) is 1. The zero-order valence-electron chi connectivity index (χ0n) is 13.9. The van der Waals surface area contributed by atoms with E-state index in [0.29, 0.717) is 19.8 Å². The Labute approximate surface area is 128 Å². The van der Waals surface area contributed by atoms with Crippen molar-refractivity contribution in [1.82, 2.24) is 4.90 Å². The van der Waals surface area contributed by atoms with Gasteiger partial charge in [-0.05, 0) is 26.3 Å². The van der Waals surface area contributed by atoms with Gasteiger partial charge in [-0.15, -0.1) is 0 Å². The van der Waals surface area contributed by atoms with Crippen molar-refractivity contribution < 1.29 is 14.6 Å². The number of hydrogen-bond acceptors (Lipinski definition) is 4. The van der Waals surface area contributed by atoms with Gasteiger partial charge in [0.25, 0.3) is 0 Å². The maximum atomic E-state index is 10.5. The summed E-state index contributed by atoms with van der Waals surface area (Å²) in [7, 11) is 3.39. The summed E-state index contributed by atoms with van der Waals surface area (Å²) in [6, 6.07) is 6.46. The summed E-state index contributed by atoms with van der Waals surface area (Å²) in [6.45, 7) is 8.86. The SMILES string of the molecule is COCCN(CC(O)c1cc(C)cc(C)c1)C(C)COC. The van der Waals surface area contributed by atoms with Crippen molar-refractivity contribution in [3.8, 4) is 0 Å². The minimum atomic E-state index is -0.500. The highest BCUT2D eigenvalue weighted by Crippen LogP contribution is 2.19. The molecule has 0 aliphatic heterocycles. The molecule has 2 atom stereocenters. The van der Waals surface area contributed by atoms with Gasteiger partial charge in [0.2, 0.25) is 0 Å². The molecule has 4 nitrogen and oxygen atoms in total. The highest BCUT2D eigenvalue weighted by Gasteiger charge is 2.19. The molecule has 0 amide bonds. The zero-order valence-corrected chi connectivity index (χ0v) is 13.9. The molecular weight excluding hydrogens is 266 g/mol. The van der Waals surface area contributed by atoms with E-state index >= 15 is 0 Å². The van der Waals surface area contributed by atoms with E-state index in [1.165, 1.54) is 11.1 Å². The monoisotopic (exact) mass is 295 g/mol. The summed E-state index contributed by atoms with van der Waals surface area (Å²) in [6.07, 6.45) is -0.500. The first-order valence-electron chi connectivity index (χ1n) is 7.46. The van der Waals surface area contributed by atoms with Crippen LogP contribution < -0.4 is 0 Å². The maximum Gasteiger partial charge on any atom is 0.0917 e. The molecule has 0 radical (unpaired) electrons. The second kappa shape index (κ2) is 9.15. The average molecular weight is 295 g/mol. The standard InChI is InChI=1S/C17H29NO3/c1-13-8-14(2)10-16(9-13)17(19)11-18(6-7-20-4)15(3)12-21-5/h8-10,15,17,19H,6-7,11-12H2,1-5H3. The Kier molecular flexibility index (Phi) is 7.89. The minimum Gasteiger partial charge on any atom is -0.387 e. The van der Waals surface area contributed by atoms with Crippen LogP contribution in [0.1, 0.15) is 29.7 Å². The molecule has 21 heavy (non-hydrogen) atoms. The van der Waals surface area contributed by atoms with E-state index in [2.05, 4.69) is 31.7 Å². The van der Waals surface area contributed by atoms with Gasteiger partial charge < -0.3 is 14.6 Å². The molecule has 1 aromatic rings. The molecule has 0 heterocycles. The Morgan fingerprint density at radius 1 is 1.10 bits per heavy atom. The molecule has 0 aliphatic rings. The Hall–Kier alpha value is -0.940. The summed E-state index contributed by atoms with van der Waals surface area (Å²) in [5.41, 5.74) is 3.33. The van der Waals surface area contributed by atoms with Crippen molar-refractivity contribution in [3.05, 3.63) is 34.9 Å². The van der Waals surface area contributed by atoms with Crippen LogP contribution in [0.4, 0.5) is 0 Å². The molecule has 0 aromatic heterocycles. The van der Waals surface area contributed by atoms with Crippen molar-refractivity contribution in [2.24, 2.45) is 0 Å². The van der Waals surface area contributed by atoms with Crippen molar-refractivity contribution in [3.63, 3.8) is 0 Å². The number of aryl methyl sites for hydroxylation is 2. The van der Waals surface area contributed by atoms with Gasteiger partial charge in [-0.25, -0.2) is 0 Å². The van der Waals surface area contributed by atoms with Crippen LogP contribution in [0.3, 0.4) is 0 Å². The Morgan fingerprint density at radius 3 is 2.24 bits per heavy atom. The van der Waals surface area contributed by atoms with E-state index in [1.54, 1.807) is 14.2 Å². The van der Waals surface area contributed by atoms with E-state index in [1.807, 2.05) is 12.1 Å². The summed E-state index contributed by atoms with van der Waals surface area (Å²) in [5, 5.41) is 10.5. The fourth-order valence-corrected chi connectivity index (χ4v) is 2.58. The second-order valence-corrected chi connectivity index (χ2v) is 5.73. The lowest BCUT2D eigenvalue weighted by atomic mass is 10.0. The Morgan fingerprint density at radius 2 is 1.71 bits per heavy atom. The van der Waals surface area contributed by atoms with Gasteiger partial charge in [-0.3, -0.25) is 4.90 Å². The molecule has 0 saturated carbocycles. The predicted molar refractivity (Wildman–Crippen MR) is 85.7 cm³/mol. The summed E-state index contributed by atoms with van der Waals surface area (Å²) in [4.78, 5) is 2.20. The summed E-state index contributed by atoms with van der Waals surface area (Å²) in [5.74, 6) is 0. The lowest BCUT2D eigenvalue weighted by molar-refractivity contribution is 0.0386. The minimum absolute atomic E-state index is 0.241. The van der Waals surface area contributed by atoms with E-state index in [0.717, 1.165) is 12.1 Å². The molecule has 1 rings (SSSR count). The Balaban J connectivity index is 2.75. The van der Waals surface area contributed by atoms with Gasteiger partial charge >= 0.3 is 0 Å². The fraction of sp³-hybridized carbons (Fsp3) is 0.647. The van der Waals surface area contributed by atoms with Crippen molar-refractivity contribution in [2.45, 2.75) is 32.9 Å². The third-order valence-electron chi connectivity index (χ3n) is 3.65. The molecule has 0 saturated heterocycles. The number of aliphatic hydroxyl groups excluding tert-OH is 1. The van der Waals surface area contributed by atoms with Gasteiger partial charge in [0.1, 0.15) is 0 Å². The molecular formula is C17H29NO3. The molecule has 1 aromatic carbocycles. The van der Waals surface area contributed by atoms with E-state index < -0.39 is 6.10 Å². The third-order valence-corrected chi connectivity index (χ3v) is 3.65. The van der Waals surface area contributed by atoms with Crippen molar-refractivity contribution in [1.29, 1.82) is 0 Å². The molecule has 4 heteroatoms. The maximum absolute atomic E-state index is 10.5. The number of ether oxygens (including phenoxy) is 2. The number of nitrogens with zero attached hydrogens (tertiary/aromatic N) is 1. The third kappa shape index (κ3) is 6.14. The summed E-state index contributed by atoms with van der Waals surface area (Å²) >= 11 is 0. The molecule has 0 bridgehead atoms. The van der Waals surface area contributed by atoms with E-state index in [-0.39, 0.29) is 6.04 Å². The van der Waals surface area contributed by atoms with E-state index in [9.17, 15) is 5.11 Å². The first-order valence-corrected chi connectivity index (χ1v) is 7.46. The van der Waals surface area contributed by atoms with Gasteiger partial charge in [-0.1, -0.05) is 29.3 Å². The van der Waals surface area contributed by atoms with Crippen LogP contribution >= 0.6 is 0 Å². The predicted octanol–water partition coefficient (Wildman–Crippen LogP) is 2.32. The first kappa shape index (κ1) is 18.1. The van der Waals surface area contributed by atoms with Crippen LogP contribution in [-0.4, -0.2) is 56.6 Å². The number of rotatable bonds is 9. The second-order valence-electron chi connectivity index (χ2n) is 5.73. The summed E-state index contributed by atoms with van der Waals surface area (Å²) < 4.78 is 10.4. The first-order chi connectivity index (χ1) is 9.97. The molecule has 0 spiro atoms.